The molecule has 0 spiro atoms. The molecule has 0 amide bonds. The van der Waals surface area contributed by atoms with Crippen LogP contribution in [0.25, 0.3) is 11.3 Å². The van der Waals surface area contributed by atoms with E-state index >= 15 is 0 Å². The maximum Gasteiger partial charge on any atom is 0.265 e. The SMILES string of the molecule is COc1cc(C)ccc1S(=O)(=O)Nc1ccc(-c2ccc(N3CCC(C)CC3)nn2)cc1. The van der Waals surface area contributed by atoms with Gasteiger partial charge in [-0.05, 0) is 67.6 Å². The number of benzene rings is 2. The summed E-state index contributed by atoms with van der Waals surface area (Å²) in [4.78, 5) is 2.37. The van der Waals surface area contributed by atoms with Crippen LogP contribution in [0, 0.1) is 12.8 Å². The van der Waals surface area contributed by atoms with Gasteiger partial charge >= 0.3 is 0 Å². The number of methoxy groups -OCH3 is 1. The first-order chi connectivity index (χ1) is 15.4. The zero-order valence-electron chi connectivity index (χ0n) is 18.6. The summed E-state index contributed by atoms with van der Waals surface area (Å²) in [5.74, 6) is 1.98. The second-order valence-corrected chi connectivity index (χ2v) is 9.93. The van der Waals surface area contributed by atoms with Crippen molar-refractivity contribution in [2.75, 3.05) is 29.8 Å². The van der Waals surface area contributed by atoms with Gasteiger partial charge in [-0.1, -0.05) is 25.1 Å². The lowest BCUT2D eigenvalue weighted by Gasteiger charge is -2.30. The van der Waals surface area contributed by atoms with Crippen molar-refractivity contribution in [3.8, 4) is 17.0 Å². The summed E-state index contributed by atoms with van der Waals surface area (Å²) in [6.07, 6.45) is 2.35. The molecule has 7 nitrogen and oxygen atoms in total. The highest BCUT2D eigenvalue weighted by Gasteiger charge is 2.20. The molecule has 2 heterocycles. The number of rotatable bonds is 6. The average molecular weight is 453 g/mol. The molecule has 0 bridgehead atoms. The third-order valence-electron chi connectivity index (χ3n) is 5.80. The van der Waals surface area contributed by atoms with Crippen LogP contribution in [-0.4, -0.2) is 38.8 Å². The molecule has 0 unspecified atom stereocenters. The minimum atomic E-state index is -3.78. The lowest BCUT2D eigenvalue weighted by Crippen LogP contribution is -2.33. The van der Waals surface area contributed by atoms with Crippen molar-refractivity contribution in [2.45, 2.75) is 31.6 Å². The Kier molecular flexibility index (Phi) is 6.32. The van der Waals surface area contributed by atoms with Crippen LogP contribution < -0.4 is 14.4 Å². The third kappa shape index (κ3) is 4.85. The molecular weight excluding hydrogens is 424 g/mol. The minimum absolute atomic E-state index is 0.100. The molecule has 0 saturated carbocycles. The Balaban J connectivity index is 1.47. The number of aromatic nitrogens is 2. The highest BCUT2D eigenvalue weighted by molar-refractivity contribution is 7.92. The first-order valence-electron chi connectivity index (χ1n) is 10.7. The Hall–Kier alpha value is -3.13. The van der Waals surface area contributed by atoms with Crippen LogP contribution in [0.3, 0.4) is 0 Å². The van der Waals surface area contributed by atoms with E-state index in [9.17, 15) is 8.42 Å². The van der Waals surface area contributed by atoms with Crippen molar-refractivity contribution in [3.63, 3.8) is 0 Å². The van der Waals surface area contributed by atoms with Crippen molar-refractivity contribution < 1.29 is 13.2 Å². The zero-order valence-corrected chi connectivity index (χ0v) is 19.4. The summed E-state index contributed by atoms with van der Waals surface area (Å²) in [7, 11) is -2.32. The van der Waals surface area contributed by atoms with Crippen LogP contribution in [-0.2, 0) is 10.0 Å². The van der Waals surface area contributed by atoms with Crippen LogP contribution in [0.5, 0.6) is 5.75 Å². The smallest absolute Gasteiger partial charge is 0.265 e. The number of sulfonamides is 1. The van der Waals surface area contributed by atoms with E-state index < -0.39 is 10.0 Å². The van der Waals surface area contributed by atoms with Gasteiger partial charge in [0, 0.05) is 24.3 Å². The molecule has 0 atom stereocenters. The summed E-state index contributed by atoms with van der Waals surface area (Å²) in [6, 6.07) is 16.0. The number of nitrogens with one attached hydrogen (secondary N) is 1. The van der Waals surface area contributed by atoms with Crippen LogP contribution >= 0.6 is 0 Å². The third-order valence-corrected chi connectivity index (χ3v) is 7.22. The molecular formula is C24H28N4O3S. The molecule has 4 rings (SSSR count). The highest BCUT2D eigenvalue weighted by atomic mass is 32.2. The van der Waals surface area contributed by atoms with E-state index in [4.69, 9.17) is 4.74 Å². The summed E-state index contributed by atoms with van der Waals surface area (Å²) in [6.45, 7) is 6.19. The number of hydrogen-bond donors (Lipinski definition) is 1. The van der Waals surface area contributed by atoms with Crippen LogP contribution in [0.2, 0.25) is 0 Å². The topological polar surface area (TPSA) is 84.4 Å². The van der Waals surface area contributed by atoms with Gasteiger partial charge in [0.25, 0.3) is 10.0 Å². The lowest BCUT2D eigenvalue weighted by atomic mass is 9.99. The van der Waals surface area contributed by atoms with E-state index in [-0.39, 0.29) is 4.90 Å². The molecule has 1 aliphatic rings. The first kappa shape index (κ1) is 22.1. The van der Waals surface area contributed by atoms with Crippen LogP contribution in [0.4, 0.5) is 11.5 Å². The molecule has 1 fully saturated rings. The van der Waals surface area contributed by atoms with Gasteiger partial charge in [0.2, 0.25) is 0 Å². The van der Waals surface area contributed by atoms with Crippen molar-refractivity contribution in [1.82, 2.24) is 10.2 Å². The standard InChI is InChI=1S/C24H28N4O3S/c1-17-12-14-28(15-13-17)24-11-9-21(25-26-24)19-5-7-20(8-6-19)27-32(29,30)23-10-4-18(2)16-22(23)31-3/h4-11,16-17,27H,12-15H2,1-3H3. The lowest BCUT2D eigenvalue weighted by molar-refractivity contribution is 0.402. The number of hydrogen-bond acceptors (Lipinski definition) is 6. The first-order valence-corrected chi connectivity index (χ1v) is 12.2. The quantitative estimate of drug-likeness (QED) is 0.593. The average Bonchev–Trinajstić information content (AvgIpc) is 2.80. The van der Waals surface area contributed by atoms with E-state index in [1.165, 1.54) is 20.0 Å². The molecule has 8 heteroatoms. The molecule has 168 valence electrons. The fourth-order valence-electron chi connectivity index (χ4n) is 3.80. The fraction of sp³-hybridized carbons (Fsp3) is 0.333. The summed E-state index contributed by atoms with van der Waals surface area (Å²) in [5.41, 5.74) is 3.00. The van der Waals surface area contributed by atoms with Gasteiger partial charge in [0.15, 0.2) is 5.82 Å². The predicted molar refractivity (Wildman–Crippen MR) is 127 cm³/mol. The second kappa shape index (κ2) is 9.16. The summed E-state index contributed by atoms with van der Waals surface area (Å²) in [5, 5.41) is 8.78. The number of anilines is 2. The molecule has 1 N–H and O–H groups in total. The van der Waals surface area contributed by atoms with Crippen molar-refractivity contribution in [2.24, 2.45) is 5.92 Å². The number of nitrogens with zero attached hydrogens (tertiary/aromatic N) is 3. The van der Waals surface area contributed by atoms with E-state index in [0.29, 0.717) is 11.4 Å². The molecule has 1 aliphatic heterocycles. The summed E-state index contributed by atoms with van der Waals surface area (Å²) < 4.78 is 33.5. The molecule has 1 saturated heterocycles. The summed E-state index contributed by atoms with van der Waals surface area (Å²) >= 11 is 0. The molecule has 32 heavy (non-hydrogen) atoms. The monoisotopic (exact) mass is 452 g/mol. The Labute approximate surface area is 189 Å². The number of aryl methyl sites for hydroxylation is 1. The number of piperidine rings is 1. The van der Waals surface area contributed by atoms with Gasteiger partial charge < -0.3 is 9.64 Å². The normalized spacial score (nSPS) is 14.9. The molecule has 0 aliphatic carbocycles. The molecule has 2 aromatic carbocycles. The largest absolute Gasteiger partial charge is 0.495 e. The van der Waals surface area contributed by atoms with E-state index in [1.807, 2.05) is 31.2 Å². The van der Waals surface area contributed by atoms with E-state index in [1.54, 1.807) is 30.3 Å². The molecule has 0 radical (unpaired) electrons. The van der Waals surface area contributed by atoms with Gasteiger partial charge in [-0.2, -0.15) is 0 Å². The molecule has 1 aromatic heterocycles. The van der Waals surface area contributed by atoms with Gasteiger partial charge in [-0.15, -0.1) is 10.2 Å². The van der Waals surface area contributed by atoms with E-state index in [0.717, 1.165) is 41.6 Å². The van der Waals surface area contributed by atoms with Gasteiger partial charge in [-0.3, -0.25) is 4.72 Å². The van der Waals surface area contributed by atoms with Crippen molar-refractivity contribution >= 4 is 21.5 Å². The maximum atomic E-state index is 12.8. The Morgan fingerprint density at radius 2 is 1.72 bits per heavy atom. The highest BCUT2D eigenvalue weighted by Crippen LogP contribution is 2.28. The molecule has 3 aromatic rings. The van der Waals surface area contributed by atoms with Crippen LogP contribution in [0.1, 0.15) is 25.3 Å². The van der Waals surface area contributed by atoms with Crippen molar-refractivity contribution in [1.29, 1.82) is 0 Å². The Morgan fingerprint density at radius 3 is 2.34 bits per heavy atom. The van der Waals surface area contributed by atoms with Crippen LogP contribution in [0.15, 0.2) is 59.5 Å². The Morgan fingerprint density at radius 1 is 1.00 bits per heavy atom. The number of ether oxygens (including phenoxy) is 1. The maximum absolute atomic E-state index is 12.8. The van der Waals surface area contributed by atoms with Gasteiger partial charge in [0.05, 0.1) is 12.8 Å². The fourth-order valence-corrected chi connectivity index (χ4v) is 5.01. The van der Waals surface area contributed by atoms with Gasteiger partial charge in [-0.25, -0.2) is 8.42 Å². The van der Waals surface area contributed by atoms with Crippen molar-refractivity contribution in [3.05, 3.63) is 60.2 Å². The minimum Gasteiger partial charge on any atom is -0.495 e. The second-order valence-electron chi connectivity index (χ2n) is 8.28. The zero-order chi connectivity index (χ0) is 22.7. The predicted octanol–water partition coefficient (Wildman–Crippen LogP) is 4.50. The van der Waals surface area contributed by atoms with E-state index in [2.05, 4.69) is 26.7 Å². The Bertz CT molecular complexity index is 1170. The van der Waals surface area contributed by atoms with Gasteiger partial charge in [0.1, 0.15) is 10.6 Å².